The van der Waals surface area contributed by atoms with E-state index in [-0.39, 0.29) is 17.6 Å². The van der Waals surface area contributed by atoms with Crippen LogP contribution < -0.4 is 10.6 Å². The Morgan fingerprint density at radius 1 is 1.25 bits per heavy atom. The highest BCUT2D eigenvalue weighted by atomic mass is 32.1. The molecule has 0 atom stereocenters. The van der Waals surface area contributed by atoms with E-state index in [1.54, 1.807) is 6.92 Å². The third-order valence-corrected chi connectivity index (χ3v) is 2.46. The van der Waals surface area contributed by atoms with Crippen molar-refractivity contribution in [3.05, 3.63) is 42.3 Å². The van der Waals surface area contributed by atoms with Gasteiger partial charge < -0.3 is 15.2 Å². The minimum Gasteiger partial charge on any atom is -0.479 e. The molecule has 0 aliphatic heterocycles. The van der Waals surface area contributed by atoms with E-state index in [1.165, 1.54) is 11.0 Å². The molecule has 0 aromatic heterocycles. The van der Waals surface area contributed by atoms with Gasteiger partial charge in [0.15, 0.2) is 5.11 Å². The lowest BCUT2D eigenvalue weighted by molar-refractivity contribution is -0.137. The largest absolute Gasteiger partial charge is 0.479 e. The topological polar surface area (TPSA) is 64.8 Å². The van der Waals surface area contributed by atoms with Gasteiger partial charge in [-0.25, -0.2) is 4.79 Å². The van der Waals surface area contributed by atoms with Crippen molar-refractivity contribution in [2.45, 2.75) is 13.8 Å². The van der Waals surface area contributed by atoms with Gasteiger partial charge in [0.25, 0.3) is 0 Å². The summed E-state index contributed by atoms with van der Waals surface area (Å²) in [6, 6.07) is 9.19. The molecular weight excluding hydrogens is 276 g/mol. The average Bonchev–Trinajstić information content (AvgIpc) is 2.40. The van der Waals surface area contributed by atoms with Gasteiger partial charge in [0.05, 0.1) is 25.0 Å². The molecule has 0 amide bonds. The summed E-state index contributed by atoms with van der Waals surface area (Å²) in [5.74, 6) is -0.266. The standard InChI is InChI=1S/C14H18N2O3S/c1-3-18-12(10-13(17)19-4-2)16(14(15)20)11-8-6-5-7-9-11/h5-10H,3-4H2,1-2H3,(H2,15,20). The molecule has 6 heteroatoms. The van der Waals surface area contributed by atoms with Crippen LogP contribution in [-0.4, -0.2) is 24.3 Å². The molecule has 0 spiro atoms. The number of para-hydroxylation sites is 1. The molecule has 0 heterocycles. The number of esters is 1. The van der Waals surface area contributed by atoms with Gasteiger partial charge in [-0.2, -0.15) is 0 Å². The van der Waals surface area contributed by atoms with E-state index in [1.807, 2.05) is 37.3 Å². The number of anilines is 1. The Morgan fingerprint density at radius 3 is 2.35 bits per heavy atom. The van der Waals surface area contributed by atoms with Crippen LogP contribution in [-0.2, 0) is 14.3 Å². The predicted octanol–water partition coefficient (Wildman–Crippen LogP) is 2.18. The van der Waals surface area contributed by atoms with Gasteiger partial charge in [-0.1, -0.05) is 18.2 Å². The summed E-state index contributed by atoms with van der Waals surface area (Å²) in [5.41, 5.74) is 6.45. The number of thiocarbonyl (C=S) groups is 1. The lowest BCUT2D eigenvalue weighted by atomic mass is 10.3. The van der Waals surface area contributed by atoms with E-state index in [4.69, 9.17) is 27.4 Å². The minimum atomic E-state index is -0.506. The maximum absolute atomic E-state index is 11.6. The Kier molecular flexibility index (Phi) is 6.52. The van der Waals surface area contributed by atoms with Crippen LogP contribution in [0.15, 0.2) is 42.3 Å². The smallest absolute Gasteiger partial charge is 0.336 e. The molecule has 20 heavy (non-hydrogen) atoms. The molecule has 1 aromatic carbocycles. The Hall–Kier alpha value is -2.08. The Morgan fingerprint density at radius 2 is 1.85 bits per heavy atom. The average molecular weight is 294 g/mol. The van der Waals surface area contributed by atoms with Crippen molar-refractivity contribution in [2.24, 2.45) is 5.73 Å². The van der Waals surface area contributed by atoms with Crippen LogP contribution in [0.1, 0.15) is 13.8 Å². The van der Waals surface area contributed by atoms with Crippen LogP contribution >= 0.6 is 12.2 Å². The van der Waals surface area contributed by atoms with E-state index < -0.39 is 5.97 Å². The Bertz CT molecular complexity index is 488. The van der Waals surface area contributed by atoms with Crippen LogP contribution in [0.25, 0.3) is 0 Å². The lowest BCUT2D eigenvalue weighted by Gasteiger charge is -2.24. The quantitative estimate of drug-likeness (QED) is 0.375. The van der Waals surface area contributed by atoms with Crippen LogP contribution in [0, 0.1) is 0 Å². The number of rotatable bonds is 6. The highest BCUT2D eigenvalue weighted by molar-refractivity contribution is 7.80. The summed E-state index contributed by atoms with van der Waals surface area (Å²) in [7, 11) is 0. The molecule has 2 N–H and O–H groups in total. The minimum absolute atomic E-state index is 0.0835. The highest BCUT2D eigenvalue weighted by Crippen LogP contribution is 2.19. The van der Waals surface area contributed by atoms with E-state index in [0.717, 1.165) is 0 Å². The molecule has 0 aliphatic rings. The van der Waals surface area contributed by atoms with Crippen molar-refractivity contribution < 1.29 is 14.3 Å². The molecule has 0 bridgehead atoms. The third kappa shape index (κ3) is 4.55. The van der Waals surface area contributed by atoms with Crippen molar-refractivity contribution in [1.82, 2.24) is 0 Å². The van der Waals surface area contributed by atoms with Gasteiger partial charge in [-0.3, -0.25) is 4.90 Å². The van der Waals surface area contributed by atoms with E-state index in [2.05, 4.69) is 0 Å². The fourth-order valence-electron chi connectivity index (χ4n) is 1.54. The number of hydrogen-bond acceptors (Lipinski definition) is 4. The molecule has 5 nitrogen and oxygen atoms in total. The summed E-state index contributed by atoms with van der Waals surface area (Å²) in [6.07, 6.45) is 1.24. The van der Waals surface area contributed by atoms with Crippen molar-refractivity contribution in [1.29, 1.82) is 0 Å². The third-order valence-electron chi connectivity index (χ3n) is 2.28. The van der Waals surface area contributed by atoms with E-state index >= 15 is 0 Å². The fraction of sp³-hybridized carbons (Fsp3) is 0.286. The molecule has 1 aromatic rings. The Balaban J connectivity index is 3.13. The van der Waals surface area contributed by atoms with Gasteiger partial charge in [0.2, 0.25) is 5.88 Å². The first-order valence-corrected chi connectivity index (χ1v) is 6.66. The summed E-state index contributed by atoms with van der Waals surface area (Å²) >= 11 is 5.04. The maximum atomic E-state index is 11.6. The van der Waals surface area contributed by atoms with Crippen molar-refractivity contribution in [2.75, 3.05) is 18.1 Å². The molecule has 108 valence electrons. The van der Waals surface area contributed by atoms with Crippen molar-refractivity contribution in [3.8, 4) is 0 Å². The zero-order valence-corrected chi connectivity index (χ0v) is 12.4. The van der Waals surface area contributed by atoms with Crippen LogP contribution in [0.4, 0.5) is 5.69 Å². The van der Waals surface area contributed by atoms with Crippen molar-refractivity contribution >= 4 is 29.0 Å². The number of carbonyl (C=O) groups excluding carboxylic acids is 1. The molecular formula is C14H18N2O3S. The van der Waals surface area contributed by atoms with Gasteiger partial charge in [-0.15, -0.1) is 0 Å². The van der Waals surface area contributed by atoms with E-state index in [9.17, 15) is 4.79 Å². The molecule has 0 saturated carbocycles. The van der Waals surface area contributed by atoms with Crippen molar-refractivity contribution in [3.63, 3.8) is 0 Å². The molecule has 0 unspecified atom stereocenters. The number of hydrogen-bond donors (Lipinski definition) is 1. The number of nitrogens with two attached hydrogens (primary N) is 1. The first kappa shape index (κ1) is 16.0. The summed E-state index contributed by atoms with van der Waals surface area (Å²) in [5, 5.41) is 0.0835. The zero-order chi connectivity index (χ0) is 15.0. The SMILES string of the molecule is CCOC(=O)C=C(OCC)N(C(N)=S)c1ccccc1. The van der Waals surface area contributed by atoms with Crippen LogP contribution in [0.5, 0.6) is 0 Å². The van der Waals surface area contributed by atoms with Crippen LogP contribution in [0.2, 0.25) is 0 Å². The molecule has 1 rings (SSSR count). The van der Waals surface area contributed by atoms with Gasteiger partial charge in [-0.05, 0) is 38.2 Å². The molecule has 0 aliphatic carbocycles. The Labute approximate surface area is 124 Å². The molecule has 0 radical (unpaired) electrons. The number of ether oxygens (including phenoxy) is 2. The first-order valence-electron chi connectivity index (χ1n) is 6.26. The maximum Gasteiger partial charge on any atom is 0.336 e. The highest BCUT2D eigenvalue weighted by Gasteiger charge is 2.17. The normalized spacial score (nSPS) is 10.8. The summed E-state index contributed by atoms with van der Waals surface area (Å²) < 4.78 is 10.3. The number of carbonyl (C=O) groups is 1. The summed E-state index contributed by atoms with van der Waals surface area (Å²) in [4.78, 5) is 13.1. The predicted molar refractivity (Wildman–Crippen MR) is 82.0 cm³/mol. The molecule has 0 saturated heterocycles. The zero-order valence-electron chi connectivity index (χ0n) is 11.5. The summed E-state index contributed by atoms with van der Waals surface area (Å²) in [6.45, 7) is 4.20. The fourth-order valence-corrected chi connectivity index (χ4v) is 1.74. The monoisotopic (exact) mass is 294 g/mol. The number of nitrogens with zero attached hydrogens (tertiary/aromatic N) is 1. The van der Waals surface area contributed by atoms with Gasteiger partial charge in [0, 0.05) is 0 Å². The second-order valence-electron chi connectivity index (χ2n) is 3.68. The lowest BCUT2D eigenvalue weighted by Crippen LogP contribution is -2.36. The second-order valence-corrected chi connectivity index (χ2v) is 4.10. The van der Waals surface area contributed by atoms with Gasteiger partial charge >= 0.3 is 5.97 Å². The first-order chi connectivity index (χ1) is 9.60. The molecule has 0 fully saturated rings. The number of benzene rings is 1. The van der Waals surface area contributed by atoms with Gasteiger partial charge in [0.1, 0.15) is 0 Å². The second kappa shape index (κ2) is 8.16. The van der Waals surface area contributed by atoms with E-state index in [0.29, 0.717) is 12.3 Å². The van der Waals surface area contributed by atoms with Crippen LogP contribution in [0.3, 0.4) is 0 Å².